The van der Waals surface area contributed by atoms with Gasteiger partial charge in [-0.25, -0.2) is 19.6 Å². The Balaban J connectivity index is 1.60. The van der Waals surface area contributed by atoms with Gasteiger partial charge in [0.25, 0.3) is 5.91 Å². The Morgan fingerprint density at radius 2 is 1.49 bits per heavy atom. The predicted octanol–water partition coefficient (Wildman–Crippen LogP) is -1.18. The van der Waals surface area contributed by atoms with E-state index in [1.165, 1.54) is 18.3 Å². The van der Waals surface area contributed by atoms with Crippen molar-refractivity contribution in [1.29, 1.82) is 0 Å². The second-order valence-corrected chi connectivity index (χ2v) is 14.2. The van der Waals surface area contributed by atoms with Gasteiger partial charge in [0, 0.05) is 31.1 Å². The maximum atomic E-state index is 12.8. The molecule has 21 nitrogen and oxygen atoms in total. The average molecular weight is 700 g/mol. The number of benzene rings is 1. The lowest BCUT2D eigenvalue weighted by Gasteiger charge is -2.23. The van der Waals surface area contributed by atoms with Gasteiger partial charge in [-0.1, -0.05) is 0 Å². The van der Waals surface area contributed by atoms with E-state index in [-0.39, 0.29) is 35.0 Å². The summed E-state index contributed by atoms with van der Waals surface area (Å²) >= 11 is 0. The van der Waals surface area contributed by atoms with Crippen LogP contribution in [0, 0.1) is 0 Å². The number of fused-ring (bicyclic) bond motifs is 1. The number of nitrogens with two attached hydrogens (primary N) is 2. The maximum absolute atomic E-state index is 12.8. The van der Waals surface area contributed by atoms with Crippen LogP contribution in [0.15, 0.2) is 30.5 Å². The van der Waals surface area contributed by atoms with Gasteiger partial charge in [-0.3, -0.25) is 18.7 Å². The lowest BCUT2D eigenvalue weighted by molar-refractivity contribution is -0.142. The van der Waals surface area contributed by atoms with Crippen molar-refractivity contribution in [3.63, 3.8) is 0 Å². The summed E-state index contributed by atoms with van der Waals surface area (Å²) in [5, 5.41) is 20.3. The number of hydrogen-bond donors (Lipinski definition) is 10. The lowest BCUT2D eigenvalue weighted by atomic mass is 10.1. The zero-order valence-corrected chi connectivity index (χ0v) is 26.2. The van der Waals surface area contributed by atoms with E-state index < -0.39 is 75.7 Å². The molecule has 0 fully saturated rings. The van der Waals surface area contributed by atoms with Gasteiger partial charge in [-0.05, 0) is 30.7 Å². The van der Waals surface area contributed by atoms with Gasteiger partial charge < -0.3 is 56.8 Å². The molecule has 2 amide bonds. The van der Waals surface area contributed by atoms with Crippen LogP contribution < -0.4 is 27.0 Å². The van der Waals surface area contributed by atoms with Crippen LogP contribution in [-0.2, 0) is 30.1 Å². The molecule has 2 atom stereocenters. The predicted molar refractivity (Wildman–Crippen MR) is 163 cm³/mol. The van der Waals surface area contributed by atoms with Crippen LogP contribution in [0.2, 0.25) is 0 Å². The maximum Gasteiger partial charge on any atom is 0.340 e. The third-order valence-corrected chi connectivity index (χ3v) is 10.4. The van der Waals surface area contributed by atoms with Crippen LogP contribution in [-0.4, -0.2) is 98.0 Å². The van der Waals surface area contributed by atoms with Gasteiger partial charge in [0.2, 0.25) is 11.9 Å². The quantitative estimate of drug-likeness (QED) is 0.0835. The van der Waals surface area contributed by atoms with Crippen LogP contribution >= 0.6 is 15.2 Å². The van der Waals surface area contributed by atoms with Crippen molar-refractivity contribution < 1.29 is 58.1 Å². The van der Waals surface area contributed by atoms with Gasteiger partial charge in [0.1, 0.15) is 12.1 Å². The van der Waals surface area contributed by atoms with E-state index in [2.05, 4.69) is 25.3 Å². The Kier molecular flexibility index (Phi) is 11.5. The fourth-order valence-electron chi connectivity index (χ4n) is 4.20. The minimum absolute atomic E-state index is 0.0400. The van der Waals surface area contributed by atoms with Crippen molar-refractivity contribution in [3.05, 3.63) is 41.7 Å². The molecule has 2 aromatic heterocycles. The van der Waals surface area contributed by atoms with Crippen LogP contribution in [0.1, 0.15) is 35.3 Å². The Morgan fingerprint density at radius 1 is 0.894 bits per heavy atom. The van der Waals surface area contributed by atoms with E-state index >= 15 is 0 Å². The molecule has 0 bridgehead atoms. The number of amides is 2. The molecule has 3 aromatic rings. The van der Waals surface area contributed by atoms with Crippen molar-refractivity contribution in [3.8, 4) is 0 Å². The van der Waals surface area contributed by atoms with Gasteiger partial charge >= 0.3 is 27.1 Å². The van der Waals surface area contributed by atoms with Crippen LogP contribution in [0.25, 0.3) is 11.2 Å². The van der Waals surface area contributed by atoms with Gasteiger partial charge in [-0.15, -0.1) is 0 Å². The summed E-state index contributed by atoms with van der Waals surface area (Å²) < 4.78 is 23.0. The smallest absolute Gasteiger partial charge is 0.340 e. The molecule has 0 spiro atoms. The molecule has 0 aliphatic carbocycles. The van der Waals surface area contributed by atoms with Crippen LogP contribution in [0.4, 0.5) is 17.5 Å². The number of anilines is 3. The van der Waals surface area contributed by atoms with E-state index in [0.717, 1.165) is 0 Å². The topological polar surface area (TPSA) is 355 Å². The molecule has 2 heterocycles. The molecule has 0 aliphatic rings. The first kappa shape index (κ1) is 36.7. The number of carboxylic acids is 2. The summed E-state index contributed by atoms with van der Waals surface area (Å²) in [5.74, 6) is -5.27. The molecule has 3 rings (SSSR count). The number of nitrogens with zero attached hydrogens (tertiary/aromatic N) is 5. The fourth-order valence-corrected chi connectivity index (χ4v) is 6.74. The number of aliphatic carboxylic acids is 2. The van der Waals surface area contributed by atoms with E-state index in [1.54, 1.807) is 24.1 Å². The fraction of sp³-hybridized carbons (Fsp3) is 0.333. The van der Waals surface area contributed by atoms with E-state index in [4.69, 9.17) is 11.5 Å². The highest BCUT2D eigenvalue weighted by molar-refractivity contribution is 7.70. The number of nitrogen functional groups attached to an aromatic ring is 2. The monoisotopic (exact) mass is 699 g/mol. The number of hydrogen-bond acceptors (Lipinski definition) is 13. The number of carboxylic acid groups (broad SMARTS) is 2. The van der Waals surface area contributed by atoms with E-state index in [9.17, 15) is 58.1 Å². The molecule has 12 N–H and O–H groups in total. The number of carbonyl (C=O) groups excluding carboxylic acids is 2. The normalized spacial score (nSPS) is 13.1. The summed E-state index contributed by atoms with van der Waals surface area (Å²) in [5.41, 5.74) is 13.2. The van der Waals surface area contributed by atoms with Gasteiger partial charge in [0.05, 0.1) is 18.4 Å². The van der Waals surface area contributed by atoms with E-state index in [0.29, 0.717) is 11.4 Å². The number of rotatable bonds is 15. The first-order chi connectivity index (χ1) is 21.8. The standard InChI is InChI=1S/C24H31N9O12P2/c1-33(10-12-9-27-20-18(28-12)19(25)31-24(26)32-20)13-4-2-11(3-5-13)21(35)30-14(22(36)37)6-7-16(34)29-15(23(38)39)8-17(46(40,41)42)47(43,44)45/h2-5,9,14-15,17H,6-8,10H2,1H3,(H,29,34)(H,30,35)(H,36,37)(H,38,39)(H2,40,41,42)(H2,43,44,45)(H4,25,26,27,31,32). The average Bonchev–Trinajstić information content (AvgIpc) is 2.95. The molecular weight excluding hydrogens is 668 g/mol. The highest BCUT2D eigenvalue weighted by Gasteiger charge is 2.46. The summed E-state index contributed by atoms with van der Waals surface area (Å²) in [6.45, 7) is 0.267. The SMILES string of the molecule is CN(Cc1cnc2nc(N)nc(N)c2n1)c1ccc(C(=O)NC(CCC(=O)NC(CC(P(=O)(O)O)P(=O)(O)O)C(=O)O)C(=O)O)cc1. The van der Waals surface area contributed by atoms with Crippen molar-refractivity contribution >= 4 is 67.6 Å². The summed E-state index contributed by atoms with van der Waals surface area (Å²) in [6.07, 6.45) is -1.03. The Morgan fingerprint density at radius 3 is 2.04 bits per heavy atom. The molecule has 0 saturated carbocycles. The molecule has 0 saturated heterocycles. The minimum atomic E-state index is -5.48. The van der Waals surface area contributed by atoms with Crippen molar-refractivity contribution in [2.45, 2.75) is 43.3 Å². The largest absolute Gasteiger partial charge is 0.480 e. The van der Waals surface area contributed by atoms with Gasteiger partial charge in [-0.2, -0.15) is 9.97 Å². The molecule has 0 aliphatic heterocycles. The molecule has 1 aromatic carbocycles. The van der Waals surface area contributed by atoms with Gasteiger partial charge in [0.15, 0.2) is 22.4 Å². The van der Waals surface area contributed by atoms with Crippen molar-refractivity contribution in [2.24, 2.45) is 0 Å². The van der Waals surface area contributed by atoms with E-state index in [1.807, 2.05) is 5.32 Å². The third-order valence-electron chi connectivity index (χ3n) is 6.59. The Hall–Kier alpha value is -4.78. The van der Waals surface area contributed by atoms with Crippen molar-refractivity contribution in [1.82, 2.24) is 30.6 Å². The zero-order valence-electron chi connectivity index (χ0n) is 24.4. The second kappa shape index (κ2) is 14.8. The Labute approximate surface area is 264 Å². The second-order valence-electron chi connectivity index (χ2n) is 10.2. The molecule has 23 heteroatoms. The highest BCUT2D eigenvalue weighted by atomic mass is 31.2. The Bertz CT molecular complexity index is 1740. The lowest BCUT2D eigenvalue weighted by Crippen LogP contribution is -2.45. The first-order valence-electron chi connectivity index (χ1n) is 13.3. The summed E-state index contributed by atoms with van der Waals surface area (Å²) in [4.78, 5) is 104. The molecule has 47 heavy (non-hydrogen) atoms. The number of nitrogens with one attached hydrogen (secondary N) is 2. The van der Waals surface area contributed by atoms with Crippen LogP contribution in [0.5, 0.6) is 0 Å². The molecule has 254 valence electrons. The number of aromatic nitrogens is 4. The summed E-state index contributed by atoms with van der Waals surface area (Å²) in [7, 11) is -9.23. The third kappa shape index (κ3) is 10.1. The van der Waals surface area contributed by atoms with Crippen molar-refractivity contribution in [2.75, 3.05) is 23.4 Å². The highest BCUT2D eigenvalue weighted by Crippen LogP contribution is 2.61. The molecular formula is C24H31N9O12P2. The molecule has 0 radical (unpaired) electrons. The molecule has 2 unspecified atom stereocenters. The zero-order chi connectivity index (χ0) is 35.3. The number of carbonyl (C=O) groups is 4. The first-order valence-corrected chi connectivity index (χ1v) is 16.6. The minimum Gasteiger partial charge on any atom is -0.480 e. The summed E-state index contributed by atoms with van der Waals surface area (Å²) in [6, 6.07) is 2.27. The van der Waals surface area contributed by atoms with Crippen LogP contribution in [0.3, 0.4) is 0 Å².